The zero-order valence-corrected chi connectivity index (χ0v) is 13.8. The van der Waals surface area contributed by atoms with Crippen LogP contribution in [0.5, 0.6) is 0 Å². The normalized spacial score (nSPS) is 14.5. The van der Waals surface area contributed by atoms with E-state index in [1.165, 1.54) is 0 Å². The molecule has 1 N–H and O–H groups in total. The molecule has 1 heterocycles. The highest BCUT2D eigenvalue weighted by atomic mass is 16.5. The van der Waals surface area contributed by atoms with Gasteiger partial charge in [0, 0.05) is 37.1 Å². The average molecular weight is 326 g/mol. The van der Waals surface area contributed by atoms with Crippen LogP contribution in [0.1, 0.15) is 15.9 Å². The van der Waals surface area contributed by atoms with Crippen molar-refractivity contribution in [3.8, 4) is 0 Å². The number of morpholine rings is 1. The van der Waals surface area contributed by atoms with Crippen molar-refractivity contribution in [3.63, 3.8) is 0 Å². The maximum Gasteiger partial charge on any atom is 0.255 e. The zero-order valence-electron chi connectivity index (χ0n) is 13.8. The van der Waals surface area contributed by atoms with Crippen molar-refractivity contribution < 1.29 is 14.3 Å². The Morgan fingerprint density at radius 3 is 2.62 bits per heavy atom. The summed E-state index contributed by atoms with van der Waals surface area (Å²) in [7, 11) is 1.64. The standard InChI is InChI=1S/C19H22N2O3/c1-23-14-15-3-2-4-16(13-15)19(22)20-17-5-7-18(8-6-17)21-9-11-24-12-10-21/h2-8,13H,9-12,14H2,1H3,(H,20,22). The Hall–Kier alpha value is -2.37. The molecular formula is C19H22N2O3. The Bertz CT molecular complexity index is 679. The second-order valence-corrected chi connectivity index (χ2v) is 5.73. The number of nitrogens with zero attached hydrogens (tertiary/aromatic N) is 1. The number of carbonyl (C=O) groups is 1. The fourth-order valence-electron chi connectivity index (χ4n) is 2.75. The first-order valence-corrected chi connectivity index (χ1v) is 8.08. The van der Waals surface area contributed by atoms with Crippen LogP contribution in [0, 0.1) is 0 Å². The zero-order chi connectivity index (χ0) is 16.8. The van der Waals surface area contributed by atoms with Crippen LogP contribution >= 0.6 is 0 Å². The van der Waals surface area contributed by atoms with Crippen molar-refractivity contribution >= 4 is 17.3 Å². The van der Waals surface area contributed by atoms with Gasteiger partial charge in [0.15, 0.2) is 0 Å². The third-order valence-electron chi connectivity index (χ3n) is 4.00. The molecule has 0 radical (unpaired) electrons. The second kappa shape index (κ2) is 7.95. The Labute approximate surface area is 142 Å². The van der Waals surface area contributed by atoms with Crippen molar-refractivity contribution in [1.82, 2.24) is 0 Å². The third kappa shape index (κ3) is 4.13. The van der Waals surface area contributed by atoms with Gasteiger partial charge in [-0.3, -0.25) is 4.79 Å². The monoisotopic (exact) mass is 326 g/mol. The Balaban J connectivity index is 1.64. The summed E-state index contributed by atoms with van der Waals surface area (Å²) in [6.07, 6.45) is 0. The number of carbonyl (C=O) groups excluding carboxylic acids is 1. The molecule has 0 aliphatic carbocycles. The first-order valence-electron chi connectivity index (χ1n) is 8.08. The molecule has 5 heteroatoms. The van der Waals surface area contributed by atoms with Gasteiger partial charge in [-0.2, -0.15) is 0 Å². The SMILES string of the molecule is COCc1cccc(C(=O)Nc2ccc(N3CCOCC3)cc2)c1. The Morgan fingerprint density at radius 1 is 1.17 bits per heavy atom. The highest BCUT2D eigenvalue weighted by Crippen LogP contribution is 2.19. The molecular weight excluding hydrogens is 304 g/mol. The van der Waals surface area contributed by atoms with E-state index in [1.807, 2.05) is 42.5 Å². The number of methoxy groups -OCH3 is 1. The number of anilines is 2. The summed E-state index contributed by atoms with van der Waals surface area (Å²) >= 11 is 0. The van der Waals surface area contributed by atoms with Crippen LogP contribution < -0.4 is 10.2 Å². The molecule has 2 aromatic carbocycles. The van der Waals surface area contributed by atoms with Crippen molar-refractivity contribution in [3.05, 3.63) is 59.7 Å². The fourth-order valence-corrected chi connectivity index (χ4v) is 2.75. The van der Waals surface area contributed by atoms with Gasteiger partial charge in [0.2, 0.25) is 0 Å². The van der Waals surface area contributed by atoms with Crippen LogP contribution in [0.3, 0.4) is 0 Å². The summed E-state index contributed by atoms with van der Waals surface area (Å²) in [5.41, 5.74) is 3.54. The van der Waals surface area contributed by atoms with Crippen LogP contribution in [0.4, 0.5) is 11.4 Å². The molecule has 0 spiro atoms. The number of nitrogens with one attached hydrogen (secondary N) is 1. The van der Waals surface area contributed by atoms with Gasteiger partial charge >= 0.3 is 0 Å². The minimum atomic E-state index is -0.118. The highest BCUT2D eigenvalue weighted by Gasteiger charge is 2.11. The summed E-state index contributed by atoms with van der Waals surface area (Å²) in [6, 6.07) is 15.4. The van der Waals surface area contributed by atoms with E-state index in [1.54, 1.807) is 13.2 Å². The predicted octanol–water partition coefficient (Wildman–Crippen LogP) is 2.92. The number of amides is 1. The van der Waals surface area contributed by atoms with Crippen LogP contribution in [0.15, 0.2) is 48.5 Å². The topological polar surface area (TPSA) is 50.8 Å². The van der Waals surface area contributed by atoms with Gasteiger partial charge < -0.3 is 19.7 Å². The third-order valence-corrected chi connectivity index (χ3v) is 4.00. The smallest absolute Gasteiger partial charge is 0.255 e. The molecule has 0 unspecified atom stereocenters. The van der Waals surface area contributed by atoms with E-state index in [-0.39, 0.29) is 5.91 Å². The molecule has 0 saturated carbocycles. The number of benzene rings is 2. The van der Waals surface area contributed by atoms with E-state index in [4.69, 9.17) is 9.47 Å². The molecule has 126 valence electrons. The van der Waals surface area contributed by atoms with Crippen LogP contribution in [-0.2, 0) is 16.1 Å². The lowest BCUT2D eigenvalue weighted by atomic mass is 10.1. The van der Waals surface area contributed by atoms with Crippen LogP contribution in [0.2, 0.25) is 0 Å². The average Bonchev–Trinajstić information content (AvgIpc) is 2.64. The molecule has 2 aromatic rings. The summed E-state index contributed by atoms with van der Waals surface area (Å²) in [5.74, 6) is -0.118. The molecule has 1 amide bonds. The van der Waals surface area contributed by atoms with E-state index in [2.05, 4.69) is 10.2 Å². The van der Waals surface area contributed by atoms with E-state index < -0.39 is 0 Å². The van der Waals surface area contributed by atoms with Crippen molar-refractivity contribution in [2.24, 2.45) is 0 Å². The number of hydrogen-bond donors (Lipinski definition) is 1. The minimum absolute atomic E-state index is 0.118. The van der Waals surface area contributed by atoms with Gasteiger partial charge in [0.05, 0.1) is 19.8 Å². The minimum Gasteiger partial charge on any atom is -0.380 e. The summed E-state index contributed by atoms with van der Waals surface area (Å²) in [6.45, 7) is 3.82. The highest BCUT2D eigenvalue weighted by molar-refractivity contribution is 6.04. The van der Waals surface area contributed by atoms with Crippen molar-refractivity contribution in [2.75, 3.05) is 43.6 Å². The van der Waals surface area contributed by atoms with Crippen molar-refractivity contribution in [1.29, 1.82) is 0 Å². The fraction of sp³-hybridized carbons (Fsp3) is 0.316. The second-order valence-electron chi connectivity index (χ2n) is 5.73. The van der Waals surface area contributed by atoms with E-state index in [9.17, 15) is 4.79 Å². The molecule has 5 nitrogen and oxygen atoms in total. The maximum atomic E-state index is 12.4. The summed E-state index contributed by atoms with van der Waals surface area (Å²) in [5, 5.41) is 2.93. The lowest BCUT2D eigenvalue weighted by Crippen LogP contribution is -2.36. The Morgan fingerprint density at radius 2 is 1.92 bits per heavy atom. The van der Waals surface area contributed by atoms with E-state index in [0.717, 1.165) is 43.2 Å². The Kier molecular flexibility index (Phi) is 5.46. The molecule has 0 bridgehead atoms. The number of ether oxygens (including phenoxy) is 2. The lowest BCUT2D eigenvalue weighted by molar-refractivity contribution is 0.102. The van der Waals surface area contributed by atoms with Gasteiger partial charge in [-0.05, 0) is 42.0 Å². The molecule has 0 atom stereocenters. The molecule has 24 heavy (non-hydrogen) atoms. The van der Waals surface area contributed by atoms with Gasteiger partial charge in [-0.25, -0.2) is 0 Å². The molecule has 3 rings (SSSR count). The first-order chi connectivity index (χ1) is 11.8. The molecule has 1 saturated heterocycles. The molecule has 1 aliphatic heterocycles. The lowest BCUT2D eigenvalue weighted by Gasteiger charge is -2.28. The maximum absolute atomic E-state index is 12.4. The number of hydrogen-bond acceptors (Lipinski definition) is 4. The van der Waals surface area contributed by atoms with Crippen molar-refractivity contribution in [2.45, 2.75) is 6.61 Å². The predicted molar refractivity (Wildman–Crippen MR) is 94.6 cm³/mol. The summed E-state index contributed by atoms with van der Waals surface area (Å²) in [4.78, 5) is 14.7. The number of rotatable bonds is 5. The van der Waals surface area contributed by atoms with Gasteiger partial charge in [-0.15, -0.1) is 0 Å². The van der Waals surface area contributed by atoms with Gasteiger partial charge in [0.1, 0.15) is 0 Å². The van der Waals surface area contributed by atoms with E-state index in [0.29, 0.717) is 12.2 Å². The molecule has 0 aromatic heterocycles. The van der Waals surface area contributed by atoms with E-state index >= 15 is 0 Å². The van der Waals surface area contributed by atoms with Crippen LogP contribution in [-0.4, -0.2) is 39.3 Å². The molecule has 1 fully saturated rings. The summed E-state index contributed by atoms with van der Waals surface area (Å²) < 4.78 is 10.5. The van der Waals surface area contributed by atoms with Gasteiger partial charge in [-0.1, -0.05) is 12.1 Å². The quantitative estimate of drug-likeness (QED) is 0.918. The van der Waals surface area contributed by atoms with Gasteiger partial charge in [0.25, 0.3) is 5.91 Å². The largest absolute Gasteiger partial charge is 0.380 e. The van der Waals surface area contributed by atoms with Crippen LogP contribution in [0.25, 0.3) is 0 Å². The first kappa shape index (κ1) is 16.5. The molecule has 1 aliphatic rings.